The molecule has 1 atom stereocenters. The molecule has 0 aromatic carbocycles. The van der Waals surface area contributed by atoms with E-state index in [2.05, 4.69) is 6.58 Å². The van der Waals surface area contributed by atoms with Crippen LogP contribution in [0.2, 0.25) is 0 Å². The van der Waals surface area contributed by atoms with Crippen LogP contribution in [-0.4, -0.2) is 6.10 Å². The molecule has 0 aromatic heterocycles. The van der Waals surface area contributed by atoms with Crippen molar-refractivity contribution in [2.24, 2.45) is 0 Å². The average molecular weight is 97.1 g/mol. The van der Waals surface area contributed by atoms with E-state index in [0.29, 0.717) is 0 Å². The van der Waals surface area contributed by atoms with E-state index >= 15 is 0 Å². The summed E-state index contributed by atoms with van der Waals surface area (Å²) in [6.07, 6.45) is 4.19. The van der Waals surface area contributed by atoms with Gasteiger partial charge in [-0.15, -0.1) is 0 Å². The van der Waals surface area contributed by atoms with Crippen molar-refractivity contribution >= 4 is 0 Å². The van der Waals surface area contributed by atoms with Gasteiger partial charge in [-0.05, 0) is 6.92 Å². The van der Waals surface area contributed by atoms with Gasteiger partial charge >= 0.3 is 0 Å². The molecule has 0 aromatic rings. The Morgan fingerprint density at radius 1 is 1.71 bits per heavy atom. The van der Waals surface area contributed by atoms with Crippen molar-refractivity contribution in [3.8, 4) is 0 Å². The lowest BCUT2D eigenvalue weighted by atomic mass is 10.3. The van der Waals surface area contributed by atoms with Gasteiger partial charge in [0, 0.05) is 0 Å². The van der Waals surface area contributed by atoms with Gasteiger partial charge in [-0.2, -0.15) is 0 Å². The van der Waals surface area contributed by atoms with Crippen LogP contribution in [-0.2, 0) is 5.11 Å². The van der Waals surface area contributed by atoms with E-state index in [9.17, 15) is 5.11 Å². The fourth-order valence-corrected chi connectivity index (χ4v) is 0.235. The van der Waals surface area contributed by atoms with Crippen LogP contribution in [0.5, 0.6) is 0 Å². The predicted molar refractivity (Wildman–Crippen MR) is 29.5 cm³/mol. The third-order valence-corrected chi connectivity index (χ3v) is 0.518. The largest absolute Gasteiger partial charge is 0.229 e. The maximum Gasteiger partial charge on any atom is 0.109 e. The molecule has 0 fully saturated rings. The molecule has 0 N–H and O–H groups in total. The van der Waals surface area contributed by atoms with Gasteiger partial charge in [-0.25, -0.2) is 5.11 Å². The minimum Gasteiger partial charge on any atom is -0.229 e. The highest BCUT2D eigenvalue weighted by molar-refractivity contribution is 4.99. The summed E-state index contributed by atoms with van der Waals surface area (Å²) >= 11 is 0. The molecule has 0 saturated carbocycles. The smallest absolute Gasteiger partial charge is 0.109 e. The fourth-order valence-electron chi connectivity index (χ4n) is 0.235. The van der Waals surface area contributed by atoms with Crippen LogP contribution in [0.1, 0.15) is 6.92 Å². The zero-order chi connectivity index (χ0) is 5.70. The molecule has 0 saturated heterocycles. The van der Waals surface area contributed by atoms with Crippen molar-refractivity contribution in [3.05, 3.63) is 24.8 Å². The molecule has 39 valence electrons. The van der Waals surface area contributed by atoms with Gasteiger partial charge in [-0.1, -0.05) is 24.8 Å². The highest BCUT2D eigenvalue weighted by Crippen LogP contribution is 1.81. The van der Waals surface area contributed by atoms with Crippen LogP contribution in [0.15, 0.2) is 24.8 Å². The minimum atomic E-state index is -0.599. The molecule has 0 spiro atoms. The van der Waals surface area contributed by atoms with Crippen molar-refractivity contribution < 1.29 is 5.11 Å². The maximum absolute atomic E-state index is 10.2. The van der Waals surface area contributed by atoms with Gasteiger partial charge in [0.2, 0.25) is 0 Å². The summed E-state index contributed by atoms with van der Waals surface area (Å²) in [7, 11) is 0. The van der Waals surface area contributed by atoms with Gasteiger partial charge < -0.3 is 0 Å². The molecule has 1 unspecified atom stereocenters. The minimum absolute atomic E-state index is 0.599. The van der Waals surface area contributed by atoms with E-state index in [-0.39, 0.29) is 0 Å². The molecule has 1 heteroatoms. The maximum atomic E-state index is 10.2. The number of allylic oxidation sites excluding steroid dienone is 2. The van der Waals surface area contributed by atoms with E-state index in [0.717, 1.165) is 0 Å². The van der Waals surface area contributed by atoms with Crippen molar-refractivity contribution in [1.82, 2.24) is 0 Å². The zero-order valence-corrected chi connectivity index (χ0v) is 4.42. The van der Waals surface area contributed by atoms with Crippen molar-refractivity contribution in [1.29, 1.82) is 0 Å². The third-order valence-electron chi connectivity index (χ3n) is 0.518. The molecule has 0 aliphatic heterocycles. The standard InChI is InChI=1S/C6H9O/c1-3-4-5-6(2)7/h3-6H,1H2,2H3/b5-4+. The van der Waals surface area contributed by atoms with E-state index in [1.807, 2.05) is 0 Å². The van der Waals surface area contributed by atoms with Crippen LogP contribution in [0.3, 0.4) is 0 Å². The van der Waals surface area contributed by atoms with Crippen molar-refractivity contribution in [2.75, 3.05) is 0 Å². The Hall–Kier alpha value is -0.560. The molecule has 0 bridgehead atoms. The van der Waals surface area contributed by atoms with E-state index < -0.39 is 6.10 Å². The van der Waals surface area contributed by atoms with Gasteiger partial charge in [0.15, 0.2) is 0 Å². The summed E-state index contributed by atoms with van der Waals surface area (Å²) in [6.45, 7) is 4.99. The van der Waals surface area contributed by atoms with E-state index in [1.54, 1.807) is 25.2 Å². The summed E-state index contributed by atoms with van der Waals surface area (Å²) in [5, 5.41) is 10.2. The van der Waals surface area contributed by atoms with Crippen LogP contribution in [0.25, 0.3) is 0 Å². The summed E-state index contributed by atoms with van der Waals surface area (Å²) in [6, 6.07) is 0. The first-order chi connectivity index (χ1) is 3.27. The lowest BCUT2D eigenvalue weighted by Crippen LogP contribution is -1.87. The highest BCUT2D eigenvalue weighted by atomic mass is 16.3. The van der Waals surface area contributed by atoms with Gasteiger partial charge in [0.1, 0.15) is 6.10 Å². The molecular formula is C6H9O. The van der Waals surface area contributed by atoms with E-state index in [1.165, 1.54) is 0 Å². The Kier molecular flexibility index (Phi) is 3.33. The summed E-state index contributed by atoms with van der Waals surface area (Å²) in [4.78, 5) is 0. The zero-order valence-electron chi connectivity index (χ0n) is 4.42. The van der Waals surface area contributed by atoms with E-state index in [4.69, 9.17) is 0 Å². The summed E-state index contributed by atoms with van der Waals surface area (Å²) < 4.78 is 0. The topological polar surface area (TPSA) is 19.9 Å². The first-order valence-corrected chi connectivity index (χ1v) is 2.22. The molecule has 0 aliphatic carbocycles. The SMILES string of the molecule is C=C/C=C/C(C)[O]. The lowest BCUT2D eigenvalue weighted by Gasteiger charge is -1.83. The third kappa shape index (κ3) is 5.44. The van der Waals surface area contributed by atoms with Gasteiger partial charge in [-0.3, -0.25) is 0 Å². The predicted octanol–water partition coefficient (Wildman–Crippen LogP) is 1.55. The van der Waals surface area contributed by atoms with Gasteiger partial charge in [0.25, 0.3) is 0 Å². The molecule has 0 heterocycles. The second kappa shape index (κ2) is 3.62. The molecular weight excluding hydrogens is 88.1 g/mol. The second-order valence-corrected chi connectivity index (χ2v) is 1.33. The number of hydrogen-bond donors (Lipinski definition) is 0. The molecule has 0 aliphatic rings. The highest BCUT2D eigenvalue weighted by Gasteiger charge is 1.82. The Labute approximate surface area is 44.0 Å². The van der Waals surface area contributed by atoms with Crippen LogP contribution in [0, 0.1) is 0 Å². The Morgan fingerprint density at radius 3 is 2.43 bits per heavy atom. The fraction of sp³-hybridized carbons (Fsp3) is 0.333. The quantitative estimate of drug-likeness (QED) is 0.466. The monoisotopic (exact) mass is 97.1 g/mol. The lowest BCUT2D eigenvalue weighted by molar-refractivity contribution is 0.146. The molecule has 0 amide bonds. The molecule has 1 radical (unpaired) electrons. The summed E-state index contributed by atoms with van der Waals surface area (Å²) in [5.74, 6) is 0. The normalized spacial score (nSPS) is 14.6. The first-order valence-electron chi connectivity index (χ1n) is 2.22. The van der Waals surface area contributed by atoms with Crippen LogP contribution in [0.4, 0.5) is 0 Å². The molecule has 1 nitrogen and oxygen atoms in total. The Balaban J connectivity index is 3.25. The van der Waals surface area contributed by atoms with Crippen LogP contribution >= 0.6 is 0 Å². The average Bonchev–Trinajstić information content (AvgIpc) is 1.61. The van der Waals surface area contributed by atoms with Crippen molar-refractivity contribution in [2.45, 2.75) is 13.0 Å². The number of rotatable bonds is 2. The van der Waals surface area contributed by atoms with Crippen molar-refractivity contribution in [3.63, 3.8) is 0 Å². The molecule has 0 rings (SSSR count). The summed E-state index contributed by atoms with van der Waals surface area (Å²) in [5.41, 5.74) is 0. The van der Waals surface area contributed by atoms with Crippen LogP contribution < -0.4 is 0 Å². The number of hydrogen-bond acceptors (Lipinski definition) is 0. The van der Waals surface area contributed by atoms with Gasteiger partial charge in [0.05, 0.1) is 0 Å². The first kappa shape index (κ1) is 6.44. The Morgan fingerprint density at radius 2 is 2.29 bits per heavy atom. The second-order valence-electron chi connectivity index (χ2n) is 1.33. The Bertz CT molecular complexity index is 72.2. The molecule has 7 heavy (non-hydrogen) atoms.